The molecule has 0 bridgehead atoms. The molecule has 0 aliphatic carbocycles. The lowest BCUT2D eigenvalue weighted by Crippen LogP contribution is -2.45. The van der Waals surface area contributed by atoms with E-state index in [4.69, 9.17) is 9.47 Å². The van der Waals surface area contributed by atoms with Crippen molar-refractivity contribution in [1.82, 2.24) is 0 Å². The van der Waals surface area contributed by atoms with Crippen molar-refractivity contribution in [3.63, 3.8) is 0 Å². The third kappa shape index (κ3) is 4.65. The molecule has 0 aromatic carbocycles. The number of ketones is 1. The van der Waals surface area contributed by atoms with E-state index in [1.807, 2.05) is 6.92 Å². The molecular formula is C20H34O6. The Kier molecular flexibility index (Phi) is 6.52. The molecule has 26 heavy (non-hydrogen) atoms. The molecule has 2 aliphatic heterocycles. The average molecular weight is 370 g/mol. The lowest BCUT2D eigenvalue weighted by Gasteiger charge is -2.34. The number of aliphatic hydroxyl groups excluding tert-OH is 2. The van der Waals surface area contributed by atoms with Crippen LogP contribution >= 0.6 is 0 Å². The summed E-state index contributed by atoms with van der Waals surface area (Å²) in [4.78, 5) is 24.8. The summed E-state index contributed by atoms with van der Waals surface area (Å²) in [7, 11) is 0. The molecule has 0 amide bonds. The van der Waals surface area contributed by atoms with Gasteiger partial charge in [-0.2, -0.15) is 0 Å². The predicted molar refractivity (Wildman–Crippen MR) is 96.5 cm³/mol. The van der Waals surface area contributed by atoms with Crippen LogP contribution < -0.4 is 0 Å². The maximum absolute atomic E-state index is 12.9. The van der Waals surface area contributed by atoms with E-state index in [1.165, 1.54) is 0 Å². The number of esters is 1. The molecule has 6 heteroatoms. The summed E-state index contributed by atoms with van der Waals surface area (Å²) in [5.41, 5.74) is -1.31. The van der Waals surface area contributed by atoms with Gasteiger partial charge in [0.05, 0.1) is 42.4 Å². The molecule has 0 saturated carbocycles. The Labute approximate surface area is 156 Å². The second-order valence-corrected chi connectivity index (χ2v) is 8.88. The number of carbonyl (C=O) groups is 2. The van der Waals surface area contributed by atoms with Gasteiger partial charge in [0.1, 0.15) is 5.78 Å². The molecule has 0 aromatic heterocycles. The molecule has 6 atom stereocenters. The summed E-state index contributed by atoms with van der Waals surface area (Å²) >= 11 is 0. The Hall–Kier alpha value is -0.980. The lowest BCUT2D eigenvalue weighted by atomic mass is 9.73. The van der Waals surface area contributed by atoms with Gasteiger partial charge in [0, 0.05) is 12.3 Å². The lowest BCUT2D eigenvalue weighted by molar-refractivity contribution is -0.151. The van der Waals surface area contributed by atoms with E-state index in [0.29, 0.717) is 6.42 Å². The van der Waals surface area contributed by atoms with Crippen LogP contribution in [0.1, 0.15) is 66.7 Å². The summed E-state index contributed by atoms with van der Waals surface area (Å²) in [6, 6.07) is 0. The van der Waals surface area contributed by atoms with Crippen molar-refractivity contribution in [1.29, 1.82) is 0 Å². The molecule has 150 valence electrons. The second kappa shape index (κ2) is 7.95. The maximum atomic E-state index is 12.9. The van der Waals surface area contributed by atoms with Gasteiger partial charge in [-0.3, -0.25) is 9.59 Å². The molecule has 2 heterocycles. The number of fused-ring (bicyclic) bond motifs is 1. The van der Waals surface area contributed by atoms with Gasteiger partial charge in [-0.05, 0) is 25.7 Å². The van der Waals surface area contributed by atoms with E-state index < -0.39 is 29.5 Å². The summed E-state index contributed by atoms with van der Waals surface area (Å²) in [5.74, 6) is -1.39. The van der Waals surface area contributed by atoms with Crippen LogP contribution in [-0.2, 0) is 19.1 Å². The second-order valence-electron chi connectivity index (χ2n) is 8.88. The van der Waals surface area contributed by atoms with Gasteiger partial charge < -0.3 is 19.7 Å². The molecule has 0 radical (unpaired) electrons. The van der Waals surface area contributed by atoms with Crippen molar-refractivity contribution in [2.24, 2.45) is 17.3 Å². The Morgan fingerprint density at radius 2 is 1.73 bits per heavy atom. The van der Waals surface area contributed by atoms with Crippen LogP contribution in [0.4, 0.5) is 0 Å². The van der Waals surface area contributed by atoms with Crippen LogP contribution in [0.5, 0.6) is 0 Å². The number of aliphatic hydroxyl groups is 2. The zero-order valence-electron chi connectivity index (χ0n) is 16.7. The van der Waals surface area contributed by atoms with Crippen molar-refractivity contribution in [2.75, 3.05) is 6.61 Å². The zero-order chi connectivity index (χ0) is 19.7. The molecule has 2 rings (SSSR count). The number of cyclic esters (lactones) is 1. The number of hydrogen-bond acceptors (Lipinski definition) is 6. The van der Waals surface area contributed by atoms with Gasteiger partial charge >= 0.3 is 5.97 Å². The fourth-order valence-corrected chi connectivity index (χ4v) is 3.97. The normalized spacial score (nSPS) is 42.7. The Morgan fingerprint density at radius 3 is 2.38 bits per heavy atom. The molecular weight excluding hydrogens is 336 g/mol. The number of Topliss-reactive ketones (excluding diaryl/α,β-unsaturated/α-hetero) is 1. The first-order valence-electron chi connectivity index (χ1n) is 9.73. The van der Waals surface area contributed by atoms with Crippen LogP contribution in [0.2, 0.25) is 0 Å². The van der Waals surface area contributed by atoms with Crippen molar-refractivity contribution in [3.05, 3.63) is 0 Å². The highest BCUT2D eigenvalue weighted by Crippen LogP contribution is 2.43. The van der Waals surface area contributed by atoms with Crippen LogP contribution in [-0.4, -0.2) is 52.5 Å². The van der Waals surface area contributed by atoms with E-state index >= 15 is 0 Å². The minimum Gasteiger partial charge on any atom is -0.465 e. The summed E-state index contributed by atoms with van der Waals surface area (Å²) in [6.45, 7) is 9.20. The summed E-state index contributed by atoms with van der Waals surface area (Å²) < 4.78 is 11.0. The van der Waals surface area contributed by atoms with E-state index in [9.17, 15) is 19.8 Å². The number of hydrogen-bond donors (Lipinski definition) is 2. The fraction of sp³-hybridized carbons (Fsp3) is 0.900. The monoisotopic (exact) mass is 370 g/mol. The highest BCUT2D eigenvalue weighted by Gasteiger charge is 2.51. The molecule has 2 N–H and O–H groups in total. The quantitative estimate of drug-likeness (QED) is 0.501. The minimum atomic E-state index is -1.15. The first kappa shape index (κ1) is 21.3. The van der Waals surface area contributed by atoms with Crippen molar-refractivity contribution in [3.8, 4) is 0 Å². The average Bonchev–Trinajstić information content (AvgIpc) is 3.21. The number of epoxide rings is 1. The molecule has 3 unspecified atom stereocenters. The highest BCUT2D eigenvalue weighted by molar-refractivity contribution is 5.87. The minimum absolute atomic E-state index is 0.0273. The smallest absolute Gasteiger partial charge is 0.308 e. The Balaban J connectivity index is 2.13. The summed E-state index contributed by atoms with van der Waals surface area (Å²) in [6.07, 6.45) is 1.15. The molecule has 6 nitrogen and oxygen atoms in total. The molecule has 0 spiro atoms. The van der Waals surface area contributed by atoms with E-state index in [1.54, 1.807) is 20.8 Å². The van der Waals surface area contributed by atoms with E-state index in [0.717, 1.165) is 19.3 Å². The predicted octanol–water partition coefficient (Wildman–Crippen LogP) is 2.24. The molecule has 2 fully saturated rings. The van der Waals surface area contributed by atoms with Crippen LogP contribution in [0.15, 0.2) is 0 Å². The van der Waals surface area contributed by atoms with Gasteiger partial charge in [-0.25, -0.2) is 0 Å². The SMILES string of the molecule is CC1CCC[C@@]2(C)O[C@H]2CCOC(=O)CC(O)C(C)(C)C(=O)C(C)[C@H]1O. The standard InChI is InChI=1S/C20H34O6/c1-12-7-6-9-20(5)15(26-20)8-10-25-16(22)11-14(21)19(3,4)18(24)13(2)17(12)23/h12-15,17,21,23H,6-11H2,1-5H3/t12?,13?,14?,15-,17-,20+/m0/s1. The van der Waals surface area contributed by atoms with Gasteiger partial charge in [0.25, 0.3) is 0 Å². The first-order valence-corrected chi connectivity index (χ1v) is 9.73. The fourth-order valence-electron chi connectivity index (χ4n) is 3.97. The van der Waals surface area contributed by atoms with Crippen molar-refractivity contribution < 1.29 is 29.3 Å². The van der Waals surface area contributed by atoms with Gasteiger partial charge in [-0.15, -0.1) is 0 Å². The van der Waals surface area contributed by atoms with Crippen LogP contribution in [0, 0.1) is 17.3 Å². The molecule has 2 saturated heterocycles. The van der Waals surface area contributed by atoms with Gasteiger partial charge in [0.15, 0.2) is 0 Å². The summed E-state index contributed by atoms with van der Waals surface area (Å²) in [5, 5.41) is 21.0. The number of rotatable bonds is 0. The van der Waals surface area contributed by atoms with E-state index in [-0.39, 0.29) is 36.4 Å². The zero-order valence-corrected chi connectivity index (χ0v) is 16.7. The van der Waals surface area contributed by atoms with Gasteiger partial charge in [-0.1, -0.05) is 34.1 Å². The largest absolute Gasteiger partial charge is 0.465 e. The molecule has 0 aromatic rings. The van der Waals surface area contributed by atoms with E-state index in [2.05, 4.69) is 6.92 Å². The Bertz CT molecular complexity index is 530. The van der Waals surface area contributed by atoms with Crippen LogP contribution in [0.3, 0.4) is 0 Å². The van der Waals surface area contributed by atoms with Crippen molar-refractivity contribution >= 4 is 11.8 Å². The first-order chi connectivity index (χ1) is 12.0. The van der Waals surface area contributed by atoms with Crippen LogP contribution in [0.25, 0.3) is 0 Å². The topological polar surface area (TPSA) is 96.4 Å². The highest BCUT2D eigenvalue weighted by atomic mass is 16.6. The number of carbonyl (C=O) groups excluding carboxylic acids is 2. The maximum Gasteiger partial charge on any atom is 0.308 e. The molecule has 2 aliphatic rings. The third-order valence-electron chi connectivity index (χ3n) is 6.35. The van der Waals surface area contributed by atoms with Crippen molar-refractivity contribution in [2.45, 2.75) is 90.6 Å². The number of ether oxygens (including phenoxy) is 2. The third-order valence-corrected chi connectivity index (χ3v) is 6.35. The Morgan fingerprint density at radius 1 is 1.08 bits per heavy atom. The van der Waals surface area contributed by atoms with Gasteiger partial charge in [0.2, 0.25) is 0 Å².